The van der Waals surface area contributed by atoms with Gasteiger partial charge in [0.2, 0.25) is 0 Å². The Bertz CT molecular complexity index is 1680. The van der Waals surface area contributed by atoms with Gasteiger partial charge in [-0.3, -0.25) is 5.32 Å². The van der Waals surface area contributed by atoms with Crippen molar-refractivity contribution in [2.45, 2.75) is 6.92 Å². The number of H-pyrrole nitrogens is 1. The molecule has 0 aliphatic rings. The number of urea groups is 1. The van der Waals surface area contributed by atoms with Crippen LogP contribution >= 0.6 is 0 Å². The fourth-order valence-electron chi connectivity index (χ4n) is 4.00. The van der Waals surface area contributed by atoms with E-state index < -0.39 is 6.03 Å². The van der Waals surface area contributed by atoms with Crippen LogP contribution in [0.15, 0.2) is 96.0 Å². The number of amides is 2. The third kappa shape index (κ3) is 4.63. The molecule has 37 heavy (non-hydrogen) atoms. The highest BCUT2D eigenvalue weighted by Crippen LogP contribution is 2.26. The third-order valence-corrected chi connectivity index (χ3v) is 5.73. The van der Waals surface area contributed by atoms with Crippen LogP contribution in [0.25, 0.3) is 28.2 Å². The zero-order valence-corrected chi connectivity index (χ0v) is 19.8. The van der Waals surface area contributed by atoms with Gasteiger partial charge in [0.1, 0.15) is 29.3 Å². The van der Waals surface area contributed by atoms with E-state index in [1.54, 1.807) is 23.1 Å². The molecule has 0 saturated heterocycles. The minimum Gasteiger partial charge on any atom is -0.463 e. The summed E-state index contributed by atoms with van der Waals surface area (Å²) in [6.45, 7) is 2.00. The van der Waals surface area contributed by atoms with Gasteiger partial charge in [0.15, 0.2) is 5.76 Å². The van der Waals surface area contributed by atoms with E-state index in [9.17, 15) is 4.79 Å². The number of anilines is 4. The summed E-state index contributed by atoms with van der Waals surface area (Å²) in [5.74, 6) is 1.81. The summed E-state index contributed by atoms with van der Waals surface area (Å²) in [7, 11) is 0. The van der Waals surface area contributed by atoms with Gasteiger partial charge >= 0.3 is 6.03 Å². The molecule has 0 aliphatic carbocycles. The van der Waals surface area contributed by atoms with Crippen LogP contribution in [0.4, 0.5) is 27.8 Å². The molecule has 10 heteroatoms. The Labute approximate surface area is 211 Å². The molecule has 2 amide bonds. The van der Waals surface area contributed by atoms with E-state index in [0.717, 1.165) is 28.0 Å². The summed E-state index contributed by atoms with van der Waals surface area (Å²) in [4.78, 5) is 24.5. The standard InChI is InChI=1S/C27H22N8O2/c1-17-4-2-5-20(14-17)35-24(15-22(34-35)23-6-3-13-37-23)33-27(36)32-19-9-7-18(8-10-19)31-26-21-11-12-28-25(21)29-16-30-26/h2-16H,1H3,(H2,32,33,36)(H2,28,29,30,31). The fourth-order valence-corrected chi connectivity index (χ4v) is 4.00. The minimum atomic E-state index is -0.398. The molecule has 2 aromatic carbocycles. The van der Waals surface area contributed by atoms with Gasteiger partial charge in [-0.2, -0.15) is 5.10 Å². The first kappa shape index (κ1) is 22.1. The summed E-state index contributed by atoms with van der Waals surface area (Å²) in [5, 5.41) is 14.6. The second-order valence-electron chi connectivity index (χ2n) is 8.39. The van der Waals surface area contributed by atoms with Crippen molar-refractivity contribution < 1.29 is 9.21 Å². The van der Waals surface area contributed by atoms with Crippen molar-refractivity contribution in [2.75, 3.05) is 16.0 Å². The maximum absolute atomic E-state index is 12.9. The molecular weight excluding hydrogens is 468 g/mol. The van der Waals surface area contributed by atoms with Crippen LogP contribution in [0.5, 0.6) is 0 Å². The second kappa shape index (κ2) is 9.34. The molecule has 182 valence electrons. The Morgan fingerprint density at radius 2 is 1.81 bits per heavy atom. The molecule has 0 bridgehead atoms. The highest BCUT2D eigenvalue weighted by molar-refractivity contribution is 6.00. The van der Waals surface area contributed by atoms with Crippen LogP contribution in [0.2, 0.25) is 0 Å². The fraction of sp³-hybridized carbons (Fsp3) is 0.0370. The van der Waals surface area contributed by atoms with E-state index in [4.69, 9.17) is 4.42 Å². The number of hydrogen-bond donors (Lipinski definition) is 4. The number of nitrogens with one attached hydrogen (secondary N) is 4. The number of fused-ring (bicyclic) bond motifs is 1. The van der Waals surface area contributed by atoms with Gasteiger partial charge in [0, 0.05) is 23.6 Å². The van der Waals surface area contributed by atoms with Gasteiger partial charge in [-0.05, 0) is 67.1 Å². The summed E-state index contributed by atoms with van der Waals surface area (Å²) in [6.07, 6.45) is 4.91. The van der Waals surface area contributed by atoms with Crippen LogP contribution in [0.1, 0.15) is 5.56 Å². The zero-order valence-electron chi connectivity index (χ0n) is 19.8. The van der Waals surface area contributed by atoms with Crippen molar-refractivity contribution in [1.82, 2.24) is 24.7 Å². The topological polar surface area (TPSA) is 126 Å². The van der Waals surface area contributed by atoms with Gasteiger partial charge in [-0.15, -0.1) is 0 Å². The van der Waals surface area contributed by atoms with Crippen LogP contribution in [-0.2, 0) is 0 Å². The molecule has 0 spiro atoms. The lowest BCUT2D eigenvalue weighted by Gasteiger charge is -2.11. The molecule has 6 aromatic rings. The molecule has 0 fully saturated rings. The maximum atomic E-state index is 12.9. The summed E-state index contributed by atoms with van der Waals surface area (Å²) in [6, 6.07) is 22.1. The second-order valence-corrected chi connectivity index (χ2v) is 8.39. The summed E-state index contributed by atoms with van der Waals surface area (Å²) < 4.78 is 7.18. The molecule has 4 heterocycles. The Kier molecular flexibility index (Phi) is 5.58. The van der Waals surface area contributed by atoms with Gasteiger partial charge in [-0.1, -0.05) is 12.1 Å². The number of nitrogens with zero attached hydrogens (tertiary/aromatic N) is 4. The zero-order chi connectivity index (χ0) is 25.2. The third-order valence-electron chi connectivity index (χ3n) is 5.73. The molecule has 4 aromatic heterocycles. The normalized spacial score (nSPS) is 10.9. The smallest absolute Gasteiger partial charge is 0.324 e. The average molecular weight is 491 g/mol. The summed E-state index contributed by atoms with van der Waals surface area (Å²) >= 11 is 0. The van der Waals surface area contributed by atoms with E-state index in [1.807, 2.05) is 73.8 Å². The van der Waals surface area contributed by atoms with Gasteiger partial charge in [-0.25, -0.2) is 19.4 Å². The quantitative estimate of drug-likeness (QED) is 0.224. The maximum Gasteiger partial charge on any atom is 0.324 e. The molecule has 0 aliphatic heterocycles. The number of aromatic amines is 1. The predicted octanol–water partition coefficient (Wildman–Crippen LogP) is 6.10. The minimum absolute atomic E-state index is 0.398. The number of aromatic nitrogens is 5. The van der Waals surface area contributed by atoms with Crippen LogP contribution in [0.3, 0.4) is 0 Å². The molecule has 0 radical (unpaired) electrons. The largest absolute Gasteiger partial charge is 0.463 e. The molecule has 0 unspecified atom stereocenters. The Hall–Kier alpha value is -5.38. The highest BCUT2D eigenvalue weighted by Gasteiger charge is 2.15. The Balaban J connectivity index is 1.19. The number of benzene rings is 2. The van der Waals surface area contributed by atoms with Crippen LogP contribution in [0, 0.1) is 6.92 Å². The van der Waals surface area contributed by atoms with E-state index in [0.29, 0.717) is 28.8 Å². The number of furan rings is 1. The predicted molar refractivity (Wildman–Crippen MR) is 142 cm³/mol. The van der Waals surface area contributed by atoms with Crippen molar-refractivity contribution in [3.63, 3.8) is 0 Å². The van der Waals surface area contributed by atoms with E-state index >= 15 is 0 Å². The van der Waals surface area contributed by atoms with E-state index in [1.165, 1.54) is 6.33 Å². The lowest BCUT2D eigenvalue weighted by atomic mass is 10.2. The van der Waals surface area contributed by atoms with Crippen molar-refractivity contribution in [2.24, 2.45) is 0 Å². The molecule has 0 saturated carbocycles. The average Bonchev–Trinajstić information content (AvgIpc) is 3.66. The van der Waals surface area contributed by atoms with Gasteiger partial charge in [0.25, 0.3) is 0 Å². The monoisotopic (exact) mass is 490 g/mol. The molecule has 10 nitrogen and oxygen atoms in total. The number of hydrogen-bond acceptors (Lipinski definition) is 6. The van der Waals surface area contributed by atoms with Gasteiger partial charge < -0.3 is 20.0 Å². The highest BCUT2D eigenvalue weighted by atomic mass is 16.3. The number of carbonyl (C=O) groups excluding carboxylic acids is 1. The molecule has 4 N–H and O–H groups in total. The Morgan fingerprint density at radius 1 is 0.946 bits per heavy atom. The van der Waals surface area contributed by atoms with Gasteiger partial charge in [0.05, 0.1) is 17.3 Å². The van der Waals surface area contributed by atoms with E-state index in [2.05, 4.69) is 36.0 Å². The molecule has 6 rings (SSSR count). The van der Waals surface area contributed by atoms with Crippen molar-refractivity contribution in [3.8, 4) is 17.1 Å². The number of carbonyl (C=O) groups is 1. The SMILES string of the molecule is Cc1cccc(-n2nc(-c3ccco3)cc2NC(=O)Nc2ccc(Nc3ncnc4[nH]ccc34)cc2)c1. The van der Waals surface area contributed by atoms with Crippen LogP contribution < -0.4 is 16.0 Å². The van der Waals surface area contributed by atoms with Crippen LogP contribution in [-0.4, -0.2) is 30.8 Å². The van der Waals surface area contributed by atoms with Crippen molar-refractivity contribution >= 4 is 40.1 Å². The first-order valence-corrected chi connectivity index (χ1v) is 11.6. The van der Waals surface area contributed by atoms with Crippen molar-refractivity contribution in [1.29, 1.82) is 0 Å². The number of aryl methyl sites for hydroxylation is 1. The first-order valence-electron chi connectivity index (χ1n) is 11.6. The lowest BCUT2D eigenvalue weighted by Crippen LogP contribution is -2.21. The lowest BCUT2D eigenvalue weighted by molar-refractivity contribution is 0.262. The molecule has 0 atom stereocenters. The van der Waals surface area contributed by atoms with E-state index in [-0.39, 0.29) is 0 Å². The first-order chi connectivity index (χ1) is 18.1. The van der Waals surface area contributed by atoms with Crippen molar-refractivity contribution in [3.05, 3.63) is 97.1 Å². The number of rotatable bonds is 6. The molecular formula is C27H22N8O2. The Morgan fingerprint density at radius 3 is 2.62 bits per heavy atom. The summed E-state index contributed by atoms with van der Waals surface area (Å²) in [5.41, 5.74) is 4.73.